The zero-order chi connectivity index (χ0) is 8.69. The molecule has 0 heterocycles. The third-order valence-corrected chi connectivity index (χ3v) is 2.02. The molecule has 0 fully saturated rings. The summed E-state index contributed by atoms with van der Waals surface area (Å²) >= 11 is 0. The van der Waals surface area contributed by atoms with Gasteiger partial charge in [0.05, 0.1) is 0 Å². The lowest BCUT2D eigenvalue weighted by molar-refractivity contribution is 0.222. The molecular formula is C9H21NO. The SMILES string of the molecule is CNC[C@H](C)CC[C@H](C)CO. The molecule has 0 unspecified atom stereocenters. The lowest BCUT2D eigenvalue weighted by Crippen LogP contribution is -2.17. The van der Waals surface area contributed by atoms with Gasteiger partial charge in [-0.2, -0.15) is 0 Å². The van der Waals surface area contributed by atoms with Crippen LogP contribution in [-0.4, -0.2) is 25.3 Å². The van der Waals surface area contributed by atoms with E-state index in [1.807, 2.05) is 7.05 Å². The average molecular weight is 159 g/mol. The van der Waals surface area contributed by atoms with Gasteiger partial charge in [0.1, 0.15) is 0 Å². The van der Waals surface area contributed by atoms with Gasteiger partial charge in [-0.25, -0.2) is 0 Å². The summed E-state index contributed by atoms with van der Waals surface area (Å²) in [6.45, 7) is 5.73. The monoisotopic (exact) mass is 159 g/mol. The number of aliphatic hydroxyl groups is 1. The second kappa shape index (κ2) is 6.62. The molecule has 0 aliphatic carbocycles. The van der Waals surface area contributed by atoms with Gasteiger partial charge in [0, 0.05) is 6.61 Å². The molecule has 68 valence electrons. The molecule has 0 saturated carbocycles. The van der Waals surface area contributed by atoms with Crippen molar-refractivity contribution in [3.05, 3.63) is 0 Å². The molecule has 0 aromatic heterocycles. The molecule has 0 saturated heterocycles. The molecule has 0 amide bonds. The highest BCUT2D eigenvalue weighted by Crippen LogP contribution is 2.10. The van der Waals surface area contributed by atoms with Gasteiger partial charge < -0.3 is 10.4 Å². The summed E-state index contributed by atoms with van der Waals surface area (Å²) in [5.74, 6) is 1.20. The Morgan fingerprint density at radius 3 is 2.18 bits per heavy atom. The molecule has 0 spiro atoms. The minimum absolute atomic E-state index is 0.326. The summed E-state index contributed by atoms with van der Waals surface area (Å²) in [5.41, 5.74) is 0. The molecular weight excluding hydrogens is 138 g/mol. The first-order valence-electron chi connectivity index (χ1n) is 4.46. The molecule has 2 heteroatoms. The lowest BCUT2D eigenvalue weighted by Gasteiger charge is -2.12. The van der Waals surface area contributed by atoms with Gasteiger partial charge >= 0.3 is 0 Å². The van der Waals surface area contributed by atoms with Crippen LogP contribution < -0.4 is 5.32 Å². The van der Waals surface area contributed by atoms with Gasteiger partial charge in [-0.05, 0) is 38.3 Å². The van der Waals surface area contributed by atoms with Crippen molar-refractivity contribution in [2.75, 3.05) is 20.2 Å². The van der Waals surface area contributed by atoms with Crippen molar-refractivity contribution in [2.45, 2.75) is 26.7 Å². The van der Waals surface area contributed by atoms with Gasteiger partial charge in [0.25, 0.3) is 0 Å². The Labute approximate surface area is 70.0 Å². The van der Waals surface area contributed by atoms with E-state index in [2.05, 4.69) is 19.2 Å². The molecule has 0 aromatic rings. The minimum Gasteiger partial charge on any atom is -0.396 e. The van der Waals surface area contributed by atoms with Crippen LogP contribution in [0.25, 0.3) is 0 Å². The van der Waals surface area contributed by atoms with Crippen LogP contribution in [0, 0.1) is 11.8 Å². The Hall–Kier alpha value is -0.0800. The van der Waals surface area contributed by atoms with Gasteiger partial charge in [0.15, 0.2) is 0 Å². The van der Waals surface area contributed by atoms with E-state index in [4.69, 9.17) is 5.11 Å². The van der Waals surface area contributed by atoms with Gasteiger partial charge in [-0.1, -0.05) is 13.8 Å². The Balaban J connectivity index is 3.22. The van der Waals surface area contributed by atoms with Crippen LogP contribution in [0.15, 0.2) is 0 Å². The zero-order valence-electron chi connectivity index (χ0n) is 7.93. The van der Waals surface area contributed by atoms with Gasteiger partial charge in [-0.3, -0.25) is 0 Å². The number of rotatable bonds is 6. The molecule has 2 atom stereocenters. The van der Waals surface area contributed by atoms with E-state index in [-0.39, 0.29) is 0 Å². The molecule has 0 rings (SSSR count). The first-order chi connectivity index (χ1) is 5.20. The molecule has 2 N–H and O–H groups in total. The van der Waals surface area contributed by atoms with Gasteiger partial charge in [0.2, 0.25) is 0 Å². The predicted molar refractivity (Wildman–Crippen MR) is 48.6 cm³/mol. The molecule has 11 heavy (non-hydrogen) atoms. The third-order valence-electron chi connectivity index (χ3n) is 2.02. The van der Waals surface area contributed by atoms with E-state index in [1.165, 1.54) is 6.42 Å². The second-order valence-electron chi connectivity index (χ2n) is 3.53. The molecule has 0 bridgehead atoms. The smallest absolute Gasteiger partial charge is 0.0456 e. The number of hydrogen-bond acceptors (Lipinski definition) is 2. The average Bonchev–Trinajstić information content (AvgIpc) is 2.01. The Bertz CT molecular complexity index is 85.6. The van der Waals surface area contributed by atoms with E-state index in [1.54, 1.807) is 0 Å². The summed E-state index contributed by atoms with van der Waals surface area (Å²) in [6.07, 6.45) is 2.35. The number of aliphatic hydroxyl groups excluding tert-OH is 1. The predicted octanol–water partition coefficient (Wildman–Crippen LogP) is 1.25. The van der Waals surface area contributed by atoms with E-state index in [0.29, 0.717) is 12.5 Å². The van der Waals surface area contributed by atoms with Crippen LogP contribution in [0.3, 0.4) is 0 Å². The maximum atomic E-state index is 8.76. The van der Waals surface area contributed by atoms with Crippen LogP contribution >= 0.6 is 0 Å². The van der Waals surface area contributed by atoms with Crippen molar-refractivity contribution in [2.24, 2.45) is 11.8 Å². The summed E-state index contributed by atoms with van der Waals surface area (Å²) in [7, 11) is 1.98. The maximum absolute atomic E-state index is 8.76. The first-order valence-corrected chi connectivity index (χ1v) is 4.46. The van der Waals surface area contributed by atoms with Crippen LogP contribution in [0.5, 0.6) is 0 Å². The quantitative estimate of drug-likeness (QED) is 0.611. The molecule has 2 nitrogen and oxygen atoms in total. The largest absolute Gasteiger partial charge is 0.396 e. The third kappa shape index (κ3) is 6.32. The van der Waals surface area contributed by atoms with Crippen molar-refractivity contribution in [1.29, 1.82) is 0 Å². The molecule has 0 aliphatic rings. The van der Waals surface area contributed by atoms with Crippen LogP contribution in [-0.2, 0) is 0 Å². The number of nitrogens with one attached hydrogen (secondary N) is 1. The highest BCUT2D eigenvalue weighted by atomic mass is 16.3. The fraction of sp³-hybridized carbons (Fsp3) is 1.00. The topological polar surface area (TPSA) is 32.3 Å². The fourth-order valence-corrected chi connectivity index (χ4v) is 1.11. The van der Waals surface area contributed by atoms with Crippen molar-refractivity contribution >= 4 is 0 Å². The van der Waals surface area contributed by atoms with Crippen molar-refractivity contribution in [1.82, 2.24) is 5.32 Å². The fourth-order valence-electron chi connectivity index (χ4n) is 1.11. The second-order valence-corrected chi connectivity index (χ2v) is 3.53. The van der Waals surface area contributed by atoms with Crippen LogP contribution in [0.4, 0.5) is 0 Å². The Morgan fingerprint density at radius 2 is 1.73 bits per heavy atom. The van der Waals surface area contributed by atoms with Crippen molar-refractivity contribution in [3.63, 3.8) is 0 Å². The van der Waals surface area contributed by atoms with Crippen LogP contribution in [0.2, 0.25) is 0 Å². The number of hydrogen-bond donors (Lipinski definition) is 2. The first kappa shape index (κ1) is 10.9. The van der Waals surface area contributed by atoms with E-state index in [9.17, 15) is 0 Å². The zero-order valence-corrected chi connectivity index (χ0v) is 7.93. The Morgan fingerprint density at radius 1 is 1.18 bits per heavy atom. The summed E-state index contributed by atoms with van der Waals surface area (Å²) < 4.78 is 0. The van der Waals surface area contributed by atoms with Crippen LogP contribution in [0.1, 0.15) is 26.7 Å². The van der Waals surface area contributed by atoms with E-state index < -0.39 is 0 Å². The molecule has 0 radical (unpaired) electrons. The van der Waals surface area contributed by atoms with E-state index >= 15 is 0 Å². The highest BCUT2D eigenvalue weighted by Gasteiger charge is 2.04. The summed E-state index contributed by atoms with van der Waals surface area (Å²) in [5, 5.41) is 11.9. The lowest BCUT2D eigenvalue weighted by atomic mass is 9.99. The van der Waals surface area contributed by atoms with Gasteiger partial charge in [-0.15, -0.1) is 0 Å². The normalized spacial score (nSPS) is 16.4. The highest BCUT2D eigenvalue weighted by molar-refractivity contribution is 4.58. The summed E-state index contributed by atoms with van der Waals surface area (Å²) in [4.78, 5) is 0. The maximum Gasteiger partial charge on any atom is 0.0456 e. The molecule has 0 aliphatic heterocycles. The standard InChI is InChI=1S/C9H21NO/c1-8(6-10-3)4-5-9(2)7-11/h8-11H,4-7H2,1-3H3/t8-,9+/m1/s1. The molecule has 0 aromatic carbocycles. The van der Waals surface area contributed by atoms with Crippen molar-refractivity contribution < 1.29 is 5.11 Å². The van der Waals surface area contributed by atoms with E-state index in [0.717, 1.165) is 18.9 Å². The summed E-state index contributed by atoms with van der Waals surface area (Å²) in [6, 6.07) is 0. The Kier molecular flexibility index (Phi) is 6.57. The minimum atomic E-state index is 0.326. The van der Waals surface area contributed by atoms with Crippen molar-refractivity contribution in [3.8, 4) is 0 Å².